The number of ether oxygens (including phenoxy) is 1. The smallest absolute Gasteiger partial charge is 0.223 e. The maximum absolute atomic E-state index is 5.68. The second-order valence-electron chi connectivity index (χ2n) is 4.42. The third kappa shape index (κ3) is 2.97. The average molecular weight is 237 g/mol. The minimum absolute atomic E-state index is 0.230. The van der Waals surface area contributed by atoms with Crippen LogP contribution in [0.25, 0.3) is 0 Å². The molecular formula is C11H19N5O. The number of piperidine rings is 1. The van der Waals surface area contributed by atoms with Crippen LogP contribution in [0.4, 0.5) is 17.6 Å². The summed E-state index contributed by atoms with van der Waals surface area (Å²) in [5.74, 6) is 2.01. The molecule has 2 rings (SSSR count). The number of anilines is 3. The molecule has 0 saturated carbocycles. The van der Waals surface area contributed by atoms with Gasteiger partial charge in [0.2, 0.25) is 5.95 Å². The van der Waals surface area contributed by atoms with Crippen molar-refractivity contribution in [2.45, 2.75) is 12.8 Å². The van der Waals surface area contributed by atoms with Gasteiger partial charge in [-0.1, -0.05) is 0 Å². The van der Waals surface area contributed by atoms with Crippen LogP contribution < -0.4 is 16.4 Å². The van der Waals surface area contributed by atoms with Crippen molar-refractivity contribution in [3.05, 3.63) is 6.07 Å². The molecule has 1 atom stereocenters. The fourth-order valence-corrected chi connectivity index (χ4v) is 2.28. The van der Waals surface area contributed by atoms with Gasteiger partial charge in [-0.05, 0) is 18.8 Å². The lowest BCUT2D eigenvalue weighted by molar-refractivity contribution is 0.143. The molecule has 1 aliphatic heterocycles. The third-order valence-corrected chi connectivity index (χ3v) is 3.00. The van der Waals surface area contributed by atoms with Gasteiger partial charge < -0.3 is 21.1 Å². The molecule has 0 radical (unpaired) electrons. The van der Waals surface area contributed by atoms with E-state index in [1.165, 1.54) is 6.42 Å². The number of nitrogens with zero attached hydrogens (tertiary/aromatic N) is 3. The van der Waals surface area contributed by atoms with Crippen molar-refractivity contribution < 1.29 is 4.74 Å². The summed E-state index contributed by atoms with van der Waals surface area (Å²) in [6.07, 6.45) is 2.33. The maximum atomic E-state index is 5.68. The Kier molecular flexibility index (Phi) is 3.63. The summed E-state index contributed by atoms with van der Waals surface area (Å²) < 4.78 is 5.20. The van der Waals surface area contributed by atoms with Gasteiger partial charge >= 0.3 is 0 Å². The quantitative estimate of drug-likeness (QED) is 0.795. The molecule has 0 aromatic carbocycles. The van der Waals surface area contributed by atoms with Crippen LogP contribution in [0.1, 0.15) is 12.8 Å². The van der Waals surface area contributed by atoms with E-state index in [0.29, 0.717) is 11.7 Å². The first kappa shape index (κ1) is 11.9. The number of methoxy groups -OCH3 is 1. The molecule has 1 aromatic rings. The van der Waals surface area contributed by atoms with Crippen LogP contribution in [0.2, 0.25) is 0 Å². The van der Waals surface area contributed by atoms with Crippen molar-refractivity contribution in [1.29, 1.82) is 0 Å². The lowest BCUT2D eigenvalue weighted by Crippen LogP contribution is -2.37. The number of nitrogens with two attached hydrogens (primary N) is 2. The Morgan fingerprint density at radius 2 is 2.29 bits per heavy atom. The van der Waals surface area contributed by atoms with Crippen molar-refractivity contribution in [2.75, 3.05) is 43.2 Å². The number of aromatic nitrogens is 2. The zero-order chi connectivity index (χ0) is 12.3. The highest BCUT2D eigenvalue weighted by molar-refractivity contribution is 5.50. The van der Waals surface area contributed by atoms with E-state index in [0.717, 1.165) is 31.9 Å². The van der Waals surface area contributed by atoms with Gasteiger partial charge in [0.1, 0.15) is 11.6 Å². The van der Waals surface area contributed by atoms with Gasteiger partial charge in [-0.2, -0.15) is 9.97 Å². The fourth-order valence-electron chi connectivity index (χ4n) is 2.28. The molecule has 1 unspecified atom stereocenters. The van der Waals surface area contributed by atoms with Gasteiger partial charge in [-0.25, -0.2) is 0 Å². The van der Waals surface area contributed by atoms with Gasteiger partial charge in [0.05, 0.1) is 6.61 Å². The summed E-state index contributed by atoms with van der Waals surface area (Å²) in [5, 5.41) is 0. The normalized spacial score (nSPS) is 20.5. The summed E-state index contributed by atoms with van der Waals surface area (Å²) in [6.45, 7) is 2.70. The number of rotatable bonds is 3. The zero-order valence-corrected chi connectivity index (χ0v) is 10.1. The van der Waals surface area contributed by atoms with Gasteiger partial charge in [0.15, 0.2) is 0 Å². The molecular weight excluding hydrogens is 218 g/mol. The van der Waals surface area contributed by atoms with Gasteiger partial charge in [0, 0.05) is 26.3 Å². The van der Waals surface area contributed by atoms with E-state index < -0.39 is 0 Å². The molecule has 0 bridgehead atoms. The molecule has 0 aliphatic carbocycles. The van der Waals surface area contributed by atoms with E-state index in [4.69, 9.17) is 16.2 Å². The Bertz CT molecular complexity index is 362. The highest BCUT2D eigenvalue weighted by Crippen LogP contribution is 2.23. The van der Waals surface area contributed by atoms with Crippen molar-refractivity contribution >= 4 is 17.6 Å². The molecule has 0 amide bonds. The fraction of sp³-hybridized carbons (Fsp3) is 0.636. The van der Waals surface area contributed by atoms with Gasteiger partial charge in [0.25, 0.3) is 0 Å². The number of hydrogen-bond acceptors (Lipinski definition) is 6. The highest BCUT2D eigenvalue weighted by Gasteiger charge is 2.21. The molecule has 1 saturated heterocycles. The second-order valence-corrected chi connectivity index (χ2v) is 4.42. The standard InChI is InChI=1S/C11H19N5O/c1-17-7-8-3-2-4-16(6-8)10-5-9(12)14-11(13)15-10/h5,8H,2-4,6-7H2,1H3,(H4,12,13,14,15). The molecule has 1 aliphatic rings. The van der Waals surface area contributed by atoms with Crippen LogP contribution in [0.15, 0.2) is 6.07 Å². The molecule has 94 valence electrons. The Morgan fingerprint density at radius 1 is 1.47 bits per heavy atom. The Morgan fingerprint density at radius 3 is 3.00 bits per heavy atom. The summed E-state index contributed by atoms with van der Waals surface area (Å²) in [7, 11) is 1.74. The zero-order valence-electron chi connectivity index (χ0n) is 10.1. The molecule has 4 N–H and O–H groups in total. The second kappa shape index (κ2) is 5.18. The summed E-state index contributed by atoms with van der Waals surface area (Å²) in [5.41, 5.74) is 11.3. The maximum Gasteiger partial charge on any atom is 0.223 e. The van der Waals surface area contributed by atoms with Crippen molar-refractivity contribution in [1.82, 2.24) is 9.97 Å². The first-order valence-electron chi connectivity index (χ1n) is 5.83. The molecule has 6 nitrogen and oxygen atoms in total. The predicted molar refractivity (Wildman–Crippen MR) is 67.7 cm³/mol. The SMILES string of the molecule is COCC1CCCN(c2cc(N)nc(N)n2)C1. The van der Waals surface area contributed by atoms with E-state index in [1.807, 2.05) is 0 Å². The van der Waals surface area contributed by atoms with Crippen LogP contribution in [0, 0.1) is 5.92 Å². The molecule has 2 heterocycles. The topological polar surface area (TPSA) is 90.3 Å². The Balaban J connectivity index is 2.10. The lowest BCUT2D eigenvalue weighted by atomic mass is 9.99. The summed E-state index contributed by atoms with van der Waals surface area (Å²) in [4.78, 5) is 10.3. The first-order chi connectivity index (χ1) is 8.19. The minimum atomic E-state index is 0.230. The van der Waals surface area contributed by atoms with Crippen molar-refractivity contribution in [2.24, 2.45) is 5.92 Å². The number of hydrogen-bond donors (Lipinski definition) is 2. The largest absolute Gasteiger partial charge is 0.384 e. The third-order valence-electron chi connectivity index (χ3n) is 3.00. The van der Waals surface area contributed by atoms with Crippen LogP contribution in [0.5, 0.6) is 0 Å². The summed E-state index contributed by atoms with van der Waals surface area (Å²) in [6, 6.07) is 1.77. The predicted octanol–water partition coefficient (Wildman–Crippen LogP) is 0.504. The minimum Gasteiger partial charge on any atom is -0.384 e. The summed E-state index contributed by atoms with van der Waals surface area (Å²) >= 11 is 0. The average Bonchev–Trinajstić information content (AvgIpc) is 2.28. The molecule has 1 aromatic heterocycles. The van der Waals surface area contributed by atoms with Crippen LogP contribution >= 0.6 is 0 Å². The Labute approximate surface area is 101 Å². The monoisotopic (exact) mass is 237 g/mol. The first-order valence-corrected chi connectivity index (χ1v) is 5.83. The van der Waals surface area contributed by atoms with E-state index in [9.17, 15) is 0 Å². The molecule has 17 heavy (non-hydrogen) atoms. The van der Waals surface area contributed by atoms with E-state index in [2.05, 4.69) is 14.9 Å². The highest BCUT2D eigenvalue weighted by atomic mass is 16.5. The van der Waals surface area contributed by atoms with Crippen molar-refractivity contribution in [3.8, 4) is 0 Å². The van der Waals surface area contributed by atoms with Crippen LogP contribution in [0.3, 0.4) is 0 Å². The van der Waals surface area contributed by atoms with Crippen LogP contribution in [-0.4, -0.2) is 36.8 Å². The van der Waals surface area contributed by atoms with E-state index in [-0.39, 0.29) is 5.95 Å². The lowest BCUT2D eigenvalue weighted by Gasteiger charge is -2.33. The van der Waals surface area contributed by atoms with E-state index in [1.54, 1.807) is 13.2 Å². The van der Waals surface area contributed by atoms with E-state index >= 15 is 0 Å². The number of nitrogen functional groups attached to an aromatic ring is 2. The molecule has 1 fully saturated rings. The molecule has 0 spiro atoms. The van der Waals surface area contributed by atoms with Crippen LogP contribution in [-0.2, 0) is 4.74 Å². The van der Waals surface area contributed by atoms with Gasteiger partial charge in [-0.15, -0.1) is 0 Å². The Hall–Kier alpha value is -1.56. The molecule has 6 heteroatoms. The van der Waals surface area contributed by atoms with Crippen molar-refractivity contribution in [3.63, 3.8) is 0 Å². The van der Waals surface area contributed by atoms with Gasteiger partial charge in [-0.3, -0.25) is 0 Å².